The molecule has 14 heteroatoms. The van der Waals surface area contributed by atoms with Gasteiger partial charge in [-0.25, -0.2) is 16.8 Å². The molecule has 0 aromatic heterocycles. The zero-order chi connectivity index (χ0) is 31.2. The van der Waals surface area contributed by atoms with Gasteiger partial charge >= 0.3 is 0 Å². The van der Waals surface area contributed by atoms with E-state index in [4.69, 9.17) is 0 Å². The van der Waals surface area contributed by atoms with Gasteiger partial charge in [0.2, 0.25) is 0 Å². The molecular formula is C30H18N4O8S2-2. The Morgan fingerprint density at radius 2 is 0.864 bits per heavy atom. The van der Waals surface area contributed by atoms with Crippen molar-refractivity contribution in [2.75, 3.05) is 0 Å². The lowest BCUT2D eigenvalue weighted by molar-refractivity contribution is 0.462. The molecule has 0 fully saturated rings. The summed E-state index contributed by atoms with van der Waals surface area (Å²) in [6.45, 7) is 0. The second-order valence-electron chi connectivity index (χ2n) is 9.53. The van der Waals surface area contributed by atoms with Crippen LogP contribution in [0.5, 0.6) is 11.5 Å². The van der Waals surface area contributed by atoms with Crippen molar-refractivity contribution in [1.82, 2.24) is 0 Å². The Bertz CT molecular complexity index is 2260. The lowest BCUT2D eigenvalue weighted by atomic mass is 10.1. The number of azo groups is 2. The van der Waals surface area contributed by atoms with Gasteiger partial charge in [-0.3, -0.25) is 0 Å². The van der Waals surface area contributed by atoms with Crippen LogP contribution >= 0.6 is 0 Å². The number of nitrogens with zero attached hydrogens (tertiary/aromatic N) is 4. The van der Waals surface area contributed by atoms with Gasteiger partial charge in [-0.05, 0) is 41.8 Å². The summed E-state index contributed by atoms with van der Waals surface area (Å²) in [6.07, 6.45) is 0. The summed E-state index contributed by atoms with van der Waals surface area (Å²) in [5, 5.41) is 40.1. The monoisotopic (exact) mass is 626 g/mol. The predicted molar refractivity (Wildman–Crippen MR) is 159 cm³/mol. The number of hydrogen-bond donors (Lipinski definition) is 2. The van der Waals surface area contributed by atoms with Crippen molar-refractivity contribution in [1.29, 1.82) is 0 Å². The Morgan fingerprint density at radius 1 is 0.477 bits per heavy atom. The Morgan fingerprint density at radius 3 is 1.25 bits per heavy atom. The van der Waals surface area contributed by atoms with Gasteiger partial charge in [0, 0.05) is 26.9 Å². The molecule has 220 valence electrons. The summed E-state index contributed by atoms with van der Waals surface area (Å²) in [5.74, 6) is -0.636. The van der Waals surface area contributed by atoms with Gasteiger partial charge in [0.15, 0.2) is 0 Å². The first kappa shape index (κ1) is 28.8. The Hall–Kier alpha value is -5.28. The van der Waals surface area contributed by atoms with Crippen molar-refractivity contribution >= 4 is 75.3 Å². The maximum Gasteiger partial charge on any atom is 0.143 e. The molecule has 0 saturated heterocycles. The Labute approximate surface area is 249 Å². The number of phenols is 2. The van der Waals surface area contributed by atoms with Gasteiger partial charge in [0.05, 0.1) is 21.2 Å². The zero-order valence-electron chi connectivity index (χ0n) is 22.2. The molecule has 0 radical (unpaired) electrons. The number of hydrogen-bond acceptors (Lipinski definition) is 12. The first-order chi connectivity index (χ1) is 20.9. The number of rotatable bonds is 6. The van der Waals surface area contributed by atoms with Crippen LogP contribution in [0.1, 0.15) is 0 Å². The molecule has 0 atom stereocenters. The van der Waals surface area contributed by atoms with Crippen molar-refractivity contribution < 1.29 is 36.2 Å². The number of benzene rings is 6. The van der Waals surface area contributed by atoms with Gasteiger partial charge in [-0.1, -0.05) is 60.7 Å². The molecule has 12 nitrogen and oxygen atoms in total. The van der Waals surface area contributed by atoms with E-state index in [-0.39, 0.29) is 50.4 Å². The fourth-order valence-corrected chi connectivity index (χ4v) is 6.25. The molecule has 6 aromatic carbocycles. The van der Waals surface area contributed by atoms with E-state index in [2.05, 4.69) is 20.5 Å². The van der Waals surface area contributed by atoms with Crippen LogP contribution in [0.25, 0.3) is 32.3 Å². The maximum absolute atomic E-state index is 11.8. The number of fused-ring (bicyclic) bond motifs is 3. The minimum atomic E-state index is -4.77. The number of phenolic OH excluding ortho intramolecular Hbond substituents is 2. The molecule has 0 heterocycles. The van der Waals surface area contributed by atoms with Crippen LogP contribution < -0.4 is 0 Å². The smallest absolute Gasteiger partial charge is 0.143 e. The summed E-state index contributed by atoms with van der Waals surface area (Å²) in [7, 11) is -9.54. The average Bonchev–Trinajstić information content (AvgIpc) is 2.98. The topological polar surface area (TPSA) is 204 Å². The first-order valence-corrected chi connectivity index (χ1v) is 15.5. The SMILES string of the molecule is O=S(=O)([O-])c1ccc(N=Nc2c(O)ccc3ccc(O)c(N=Nc4ccc(S(=O)(=O)[O-])c5ccccc45)c23)c2ccccc12. The highest BCUT2D eigenvalue weighted by molar-refractivity contribution is 7.86. The van der Waals surface area contributed by atoms with Crippen molar-refractivity contribution in [3.63, 3.8) is 0 Å². The van der Waals surface area contributed by atoms with Crippen LogP contribution in [0, 0.1) is 0 Å². The zero-order valence-corrected chi connectivity index (χ0v) is 23.8. The molecule has 6 aromatic rings. The van der Waals surface area contributed by atoms with E-state index in [9.17, 15) is 36.2 Å². The van der Waals surface area contributed by atoms with Crippen molar-refractivity contribution in [2.24, 2.45) is 20.5 Å². The fraction of sp³-hybridized carbons (Fsp3) is 0. The van der Waals surface area contributed by atoms with E-state index in [1.165, 1.54) is 36.4 Å². The third kappa shape index (κ3) is 5.22. The van der Waals surface area contributed by atoms with Gasteiger partial charge < -0.3 is 19.3 Å². The molecular weight excluding hydrogens is 608 g/mol. The normalized spacial score (nSPS) is 12.7. The maximum atomic E-state index is 11.8. The predicted octanol–water partition coefficient (Wildman–Crippen LogP) is 7.20. The number of aromatic hydroxyl groups is 2. The highest BCUT2D eigenvalue weighted by Gasteiger charge is 2.17. The molecule has 0 aliphatic heterocycles. The Balaban J connectivity index is 1.51. The summed E-state index contributed by atoms with van der Waals surface area (Å²) < 4.78 is 70.6. The van der Waals surface area contributed by atoms with Crippen LogP contribution in [0.3, 0.4) is 0 Å². The van der Waals surface area contributed by atoms with E-state index in [1.54, 1.807) is 48.5 Å². The molecule has 0 unspecified atom stereocenters. The van der Waals surface area contributed by atoms with Crippen LogP contribution in [-0.2, 0) is 20.2 Å². The summed E-state index contributed by atoms with van der Waals surface area (Å²) in [6, 6.07) is 23.2. The van der Waals surface area contributed by atoms with Crippen molar-refractivity contribution in [3.8, 4) is 11.5 Å². The van der Waals surface area contributed by atoms with Crippen LogP contribution in [0.2, 0.25) is 0 Å². The van der Waals surface area contributed by atoms with E-state index >= 15 is 0 Å². The van der Waals surface area contributed by atoms with E-state index < -0.39 is 30.0 Å². The third-order valence-electron chi connectivity index (χ3n) is 6.87. The highest BCUT2D eigenvalue weighted by Crippen LogP contribution is 2.46. The summed E-state index contributed by atoms with van der Waals surface area (Å²) in [4.78, 5) is -0.831. The lowest BCUT2D eigenvalue weighted by Gasteiger charge is -2.12. The van der Waals surface area contributed by atoms with E-state index in [0.29, 0.717) is 16.2 Å². The quantitative estimate of drug-likeness (QED) is 0.142. The molecule has 0 saturated carbocycles. The summed E-state index contributed by atoms with van der Waals surface area (Å²) >= 11 is 0. The summed E-state index contributed by atoms with van der Waals surface area (Å²) in [5.41, 5.74) is 0.226. The van der Waals surface area contributed by atoms with Gasteiger partial charge in [-0.15, -0.1) is 20.5 Å². The van der Waals surface area contributed by atoms with Gasteiger partial charge in [0.25, 0.3) is 0 Å². The van der Waals surface area contributed by atoms with Crippen molar-refractivity contribution in [3.05, 3.63) is 97.1 Å². The molecule has 6 rings (SSSR count). The largest absolute Gasteiger partial charge is 0.744 e. The molecule has 0 bridgehead atoms. The second-order valence-corrected chi connectivity index (χ2v) is 12.2. The van der Waals surface area contributed by atoms with E-state index in [0.717, 1.165) is 12.1 Å². The third-order valence-corrected chi connectivity index (χ3v) is 8.65. The van der Waals surface area contributed by atoms with Gasteiger partial charge in [-0.2, -0.15) is 0 Å². The second kappa shape index (κ2) is 10.8. The molecule has 0 aliphatic carbocycles. The molecule has 0 spiro atoms. The van der Waals surface area contributed by atoms with Gasteiger partial charge in [0.1, 0.15) is 43.1 Å². The molecule has 0 amide bonds. The minimum Gasteiger partial charge on any atom is -0.744 e. The fourth-order valence-electron chi connectivity index (χ4n) is 4.89. The standard InChI is InChI=1S/C30H20N4O8S2/c35-24-13-9-17-10-14-25(36)30(34-32-23-12-16-27(44(40,41)42)21-8-4-2-6-19(21)23)28(17)29(24)33-31-22-11-15-26(43(37,38)39)20-7-3-1-5-18(20)22/h1-16,35-36H,(H,37,38,39)(H,40,41,42)/p-2. The van der Waals surface area contributed by atoms with Crippen LogP contribution in [0.15, 0.2) is 127 Å². The first-order valence-electron chi connectivity index (χ1n) is 12.7. The highest BCUT2D eigenvalue weighted by atomic mass is 32.2. The average molecular weight is 627 g/mol. The lowest BCUT2D eigenvalue weighted by Crippen LogP contribution is -1.99. The van der Waals surface area contributed by atoms with E-state index in [1.807, 2.05) is 0 Å². The molecule has 0 aliphatic rings. The molecule has 44 heavy (non-hydrogen) atoms. The molecule has 2 N–H and O–H groups in total. The Kier molecular flexibility index (Phi) is 7.05. The minimum absolute atomic E-state index is 0.0883. The van der Waals surface area contributed by atoms with Crippen LogP contribution in [0.4, 0.5) is 22.7 Å². The van der Waals surface area contributed by atoms with Crippen molar-refractivity contribution in [2.45, 2.75) is 9.79 Å². The van der Waals surface area contributed by atoms with Crippen LogP contribution in [-0.4, -0.2) is 36.2 Å².